The van der Waals surface area contributed by atoms with E-state index >= 15 is 0 Å². The van der Waals surface area contributed by atoms with Crippen LogP contribution in [0.3, 0.4) is 0 Å². The molecule has 1 atom stereocenters. The minimum Gasteiger partial charge on any atom is -0.350 e. The zero-order valence-electron chi connectivity index (χ0n) is 12.9. The zero-order chi connectivity index (χ0) is 15.2. The average Bonchev–Trinajstić information content (AvgIpc) is 2.75. The molecule has 1 unspecified atom stereocenters. The third-order valence-corrected chi connectivity index (χ3v) is 5.28. The summed E-state index contributed by atoms with van der Waals surface area (Å²) in [5, 5.41) is 1.73. The van der Waals surface area contributed by atoms with Crippen molar-refractivity contribution in [2.75, 3.05) is 0 Å². The fourth-order valence-corrected chi connectivity index (χ4v) is 3.89. The number of carbonyl (C=O) groups excluding carboxylic acids is 1. The van der Waals surface area contributed by atoms with E-state index in [4.69, 9.17) is 11.6 Å². The third-order valence-electron chi connectivity index (χ3n) is 5.04. The molecule has 21 heavy (non-hydrogen) atoms. The molecule has 3 heteroatoms. The van der Waals surface area contributed by atoms with Crippen molar-refractivity contribution < 1.29 is 4.79 Å². The summed E-state index contributed by atoms with van der Waals surface area (Å²) < 4.78 is 2.00. The van der Waals surface area contributed by atoms with E-state index in [2.05, 4.69) is 13.8 Å². The van der Waals surface area contributed by atoms with Gasteiger partial charge in [-0.3, -0.25) is 4.79 Å². The van der Waals surface area contributed by atoms with E-state index < -0.39 is 0 Å². The van der Waals surface area contributed by atoms with E-state index in [9.17, 15) is 4.79 Å². The van der Waals surface area contributed by atoms with Crippen molar-refractivity contribution in [3.63, 3.8) is 0 Å². The molecule has 0 aliphatic heterocycles. The Labute approximate surface area is 131 Å². The van der Waals surface area contributed by atoms with Crippen molar-refractivity contribution in [3.05, 3.63) is 35.0 Å². The number of ketones is 1. The highest BCUT2D eigenvalue weighted by atomic mass is 35.5. The Morgan fingerprint density at radius 2 is 2.10 bits per heavy atom. The van der Waals surface area contributed by atoms with Crippen LogP contribution in [0.1, 0.15) is 49.9 Å². The van der Waals surface area contributed by atoms with Crippen LogP contribution in [0.5, 0.6) is 0 Å². The molecule has 0 spiro atoms. The summed E-state index contributed by atoms with van der Waals surface area (Å²) in [4.78, 5) is 13.1. The van der Waals surface area contributed by atoms with Crippen molar-refractivity contribution in [1.82, 2.24) is 4.57 Å². The van der Waals surface area contributed by atoms with Crippen LogP contribution in [-0.4, -0.2) is 10.4 Å². The van der Waals surface area contributed by atoms with Gasteiger partial charge in [0, 0.05) is 40.7 Å². The number of rotatable bonds is 2. The lowest BCUT2D eigenvalue weighted by Crippen LogP contribution is -2.34. The van der Waals surface area contributed by atoms with E-state index in [-0.39, 0.29) is 11.3 Å². The van der Waals surface area contributed by atoms with Crippen LogP contribution in [0.2, 0.25) is 5.02 Å². The first kappa shape index (κ1) is 14.6. The van der Waals surface area contributed by atoms with Gasteiger partial charge >= 0.3 is 0 Å². The van der Waals surface area contributed by atoms with Gasteiger partial charge in [-0.1, -0.05) is 44.4 Å². The maximum Gasteiger partial charge on any atom is 0.168 e. The molecule has 1 heterocycles. The fourth-order valence-electron chi connectivity index (χ4n) is 3.72. The average molecular weight is 304 g/mol. The predicted molar refractivity (Wildman–Crippen MR) is 88.0 cm³/mol. The molecule has 0 bridgehead atoms. The number of fused-ring (bicyclic) bond motifs is 1. The Bertz CT molecular complexity index is 699. The molecule has 1 aliphatic carbocycles. The minimum absolute atomic E-state index is 0.101. The molecule has 0 N–H and O–H groups in total. The Kier molecular flexibility index (Phi) is 3.61. The van der Waals surface area contributed by atoms with Crippen LogP contribution in [0, 0.1) is 11.3 Å². The van der Waals surface area contributed by atoms with Crippen LogP contribution < -0.4 is 0 Å². The highest BCUT2D eigenvalue weighted by Gasteiger charge is 2.38. The second-order valence-electron chi connectivity index (χ2n) is 6.97. The van der Waals surface area contributed by atoms with E-state index in [1.54, 1.807) is 0 Å². The van der Waals surface area contributed by atoms with Gasteiger partial charge in [0.25, 0.3) is 0 Å². The summed E-state index contributed by atoms with van der Waals surface area (Å²) in [7, 11) is 1.97. The molecule has 0 radical (unpaired) electrons. The van der Waals surface area contributed by atoms with E-state index in [0.717, 1.165) is 35.7 Å². The number of aryl methyl sites for hydroxylation is 1. The smallest absolute Gasteiger partial charge is 0.168 e. The van der Waals surface area contributed by atoms with Gasteiger partial charge < -0.3 is 4.57 Å². The molecule has 1 fully saturated rings. The standard InChI is InChI=1S/C18H22ClNO/c1-18(2)9-5-4-6-15(18)17(21)14-11-20(3)16-10-12(19)7-8-13(14)16/h7-8,10-11,15H,4-6,9H2,1-3H3. The second-order valence-corrected chi connectivity index (χ2v) is 7.40. The fraction of sp³-hybridized carbons (Fsp3) is 0.500. The molecule has 1 aromatic carbocycles. The number of aromatic nitrogens is 1. The van der Waals surface area contributed by atoms with Gasteiger partial charge in [-0.25, -0.2) is 0 Å². The molecule has 0 saturated heterocycles. The monoisotopic (exact) mass is 303 g/mol. The summed E-state index contributed by atoms with van der Waals surface area (Å²) in [6.07, 6.45) is 6.52. The SMILES string of the molecule is Cn1cc(C(=O)C2CCCCC2(C)C)c2ccc(Cl)cc21. The lowest BCUT2D eigenvalue weighted by atomic mass is 9.66. The Balaban J connectivity index is 2.06. The Morgan fingerprint density at radius 3 is 2.81 bits per heavy atom. The maximum atomic E-state index is 13.1. The first-order valence-electron chi connectivity index (χ1n) is 7.69. The Hall–Kier alpha value is -1.28. The van der Waals surface area contributed by atoms with Crippen LogP contribution in [0.4, 0.5) is 0 Å². The van der Waals surface area contributed by atoms with Crippen molar-refractivity contribution in [2.45, 2.75) is 39.5 Å². The zero-order valence-corrected chi connectivity index (χ0v) is 13.7. The number of Topliss-reactive ketones (excluding diaryl/α,β-unsaturated/α-hetero) is 1. The van der Waals surface area contributed by atoms with Gasteiger partial charge in [0.15, 0.2) is 5.78 Å². The van der Waals surface area contributed by atoms with Crippen molar-refractivity contribution in [1.29, 1.82) is 0 Å². The number of nitrogens with zero attached hydrogens (tertiary/aromatic N) is 1. The third kappa shape index (κ3) is 2.50. The minimum atomic E-state index is 0.101. The highest BCUT2D eigenvalue weighted by Crippen LogP contribution is 2.43. The number of hydrogen-bond donors (Lipinski definition) is 0. The molecule has 1 aromatic heterocycles. The van der Waals surface area contributed by atoms with Crippen molar-refractivity contribution >= 4 is 28.3 Å². The normalized spacial score (nSPS) is 21.6. The van der Waals surface area contributed by atoms with Gasteiger partial charge in [-0.15, -0.1) is 0 Å². The molecule has 112 valence electrons. The number of halogens is 1. The van der Waals surface area contributed by atoms with E-state index in [1.807, 2.05) is 36.0 Å². The summed E-state index contributed by atoms with van der Waals surface area (Å²) >= 11 is 6.08. The summed E-state index contributed by atoms with van der Waals surface area (Å²) in [6.45, 7) is 4.47. The number of benzene rings is 1. The van der Waals surface area contributed by atoms with Crippen molar-refractivity contribution in [3.8, 4) is 0 Å². The summed E-state index contributed by atoms with van der Waals surface area (Å²) in [5.41, 5.74) is 1.98. The molecule has 3 rings (SSSR count). The van der Waals surface area contributed by atoms with Crippen LogP contribution in [-0.2, 0) is 7.05 Å². The number of carbonyl (C=O) groups is 1. The molecule has 1 saturated carbocycles. The first-order valence-corrected chi connectivity index (χ1v) is 8.07. The molecule has 2 nitrogen and oxygen atoms in total. The molecule has 0 amide bonds. The van der Waals surface area contributed by atoms with Gasteiger partial charge in [0.2, 0.25) is 0 Å². The molecule has 1 aliphatic rings. The second kappa shape index (κ2) is 5.17. The maximum absolute atomic E-state index is 13.1. The van der Waals surface area contributed by atoms with Gasteiger partial charge in [-0.2, -0.15) is 0 Å². The predicted octanol–water partition coefficient (Wildman–Crippen LogP) is 5.23. The van der Waals surface area contributed by atoms with Crippen molar-refractivity contribution in [2.24, 2.45) is 18.4 Å². The lowest BCUT2D eigenvalue weighted by molar-refractivity contribution is 0.0699. The molecule has 2 aromatic rings. The highest BCUT2D eigenvalue weighted by molar-refractivity contribution is 6.31. The first-order chi connectivity index (χ1) is 9.90. The quantitative estimate of drug-likeness (QED) is 0.696. The van der Waals surface area contributed by atoms with Crippen LogP contribution >= 0.6 is 11.6 Å². The topological polar surface area (TPSA) is 22.0 Å². The number of hydrogen-bond acceptors (Lipinski definition) is 1. The Morgan fingerprint density at radius 1 is 1.33 bits per heavy atom. The van der Waals surface area contributed by atoms with Gasteiger partial charge in [-0.05, 0) is 30.4 Å². The molecular formula is C18H22ClNO. The summed E-state index contributed by atoms with van der Waals surface area (Å²) in [5.74, 6) is 0.431. The van der Waals surface area contributed by atoms with Gasteiger partial charge in [0.05, 0.1) is 0 Å². The van der Waals surface area contributed by atoms with E-state index in [0.29, 0.717) is 10.8 Å². The largest absolute Gasteiger partial charge is 0.350 e. The summed E-state index contributed by atoms with van der Waals surface area (Å²) in [6, 6.07) is 5.77. The van der Waals surface area contributed by atoms with Gasteiger partial charge in [0.1, 0.15) is 0 Å². The van der Waals surface area contributed by atoms with Crippen LogP contribution in [0.25, 0.3) is 10.9 Å². The van der Waals surface area contributed by atoms with E-state index in [1.165, 1.54) is 6.42 Å². The molecular weight excluding hydrogens is 282 g/mol. The lowest BCUT2D eigenvalue weighted by Gasteiger charge is -2.37. The van der Waals surface area contributed by atoms with Crippen LogP contribution in [0.15, 0.2) is 24.4 Å².